The maximum Gasteiger partial charge on any atom is 0.220 e. The minimum Gasteiger partial charge on any atom is -0.496 e. The first-order valence-electron chi connectivity index (χ1n) is 9.13. The molecule has 0 heterocycles. The zero-order valence-electron chi connectivity index (χ0n) is 15.4. The van der Waals surface area contributed by atoms with Crippen molar-refractivity contribution in [1.29, 1.82) is 0 Å². The van der Waals surface area contributed by atoms with Crippen molar-refractivity contribution < 1.29 is 14.3 Å². The molecule has 136 valence electrons. The summed E-state index contributed by atoms with van der Waals surface area (Å²) in [6.45, 7) is 1.93. The number of fused-ring (bicyclic) bond motifs is 1. The molecule has 0 bridgehead atoms. The molecule has 1 aliphatic rings. The second-order valence-corrected chi connectivity index (χ2v) is 6.84. The number of ether oxygens (including phenoxy) is 1. The third kappa shape index (κ3) is 4.13. The lowest BCUT2D eigenvalue weighted by Gasteiger charge is -2.26. The number of Topliss-reactive ketones (excluding diaryl/α,β-unsaturated/α-hetero) is 1. The molecule has 2 aromatic rings. The zero-order chi connectivity index (χ0) is 18.5. The fourth-order valence-electron chi connectivity index (χ4n) is 3.57. The average Bonchev–Trinajstić information content (AvgIpc) is 2.66. The Balaban J connectivity index is 1.60. The Morgan fingerprint density at radius 2 is 1.96 bits per heavy atom. The van der Waals surface area contributed by atoms with Crippen LogP contribution in [0.25, 0.3) is 0 Å². The van der Waals surface area contributed by atoms with E-state index in [1.54, 1.807) is 13.2 Å². The van der Waals surface area contributed by atoms with Crippen LogP contribution in [0.4, 0.5) is 0 Å². The second-order valence-electron chi connectivity index (χ2n) is 6.84. The molecular formula is C22H25NO3. The van der Waals surface area contributed by atoms with Gasteiger partial charge in [-0.3, -0.25) is 9.59 Å². The number of carbonyl (C=O) groups excluding carboxylic acids is 2. The summed E-state index contributed by atoms with van der Waals surface area (Å²) in [5, 5.41) is 3.10. The molecule has 0 saturated carbocycles. The summed E-state index contributed by atoms with van der Waals surface area (Å²) in [7, 11) is 1.55. The molecule has 4 heteroatoms. The van der Waals surface area contributed by atoms with Crippen molar-refractivity contribution in [2.45, 2.75) is 45.1 Å². The number of hydrogen-bond acceptors (Lipinski definition) is 3. The number of amides is 1. The lowest BCUT2D eigenvalue weighted by molar-refractivity contribution is -0.121. The largest absolute Gasteiger partial charge is 0.496 e. The molecule has 26 heavy (non-hydrogen) atoms. The van der Waals surface area contributed by atoms with Gasteiger partial charge in [-0.05, 0) is 49.4 Å². The van der Waals surface area contributed by atoms with E-state index in [-0.39, 0.29) is 30.6 Å². The molecular weight excluding hydrogens is 326 g/mol. The number of ketones is 1. The van der Waals surface area contributed by atoms with Crippen LogP contribution in [-0.2, 0) is 11.2 Å². The highest BCUT2D eigenvalue weighted by atomic mass is 16.5. The number of carbonyl (C=O) groups is 2. The van der Waals surface area contributed by atoms with E-state index in [1.165, 1.54) is 11.1 Å². The topological polar surface area (TPSA) is 55.4 Å². The summed E-state index contributed by atoms with van der Waals surface area (Å²) < 4.78 is 5.27. The van der Waals surface area contributed by atoms with E-state index in [9.17, 15) is 9.59 Å². The standard InChI is InChI=1S/C22H25NO3/c1-15-10-12-21(26-2)18(14-15)20(24)11-13-22(25)23-19-9-5-7-16-6-3-4-8-17(16)19/h3-4,6,8,10,12,14,19H,5,7,9,11,13H2,1-2H3,(H,23,25)/t19-/m0/s1. The summed E-state index contributed by atoms with van der Waals surface area (Å²) in [6, 6.07) is 13.8. The van der Waals surface area contributed by atoms with Gasteiger partial charge in [0.25, 0.3) is 0 Å². The fourth-order valence-corrected chi connectivity index (χ4v) is 3.57. The predicted octanol–water partition coefficient (Wildman–Crippen LogP) is 4.16. The highest BCUT2D eigenvalue weighted by molar-refractivity contribution is 6.00. The van der Waals surface area contributed by atoms with E-state index < -0.39 is 0 Å². The Kier molecular flexibility index (Phi) is 5.71. The molecule has 0 radical (unpaired) electrons. The van der Waals surface area contributed by atoms with Gasteiger partial charge >= 0.3 is 0 Å². The first kappa shape index (κ1) is 18.2. The van der Waals surface area contributed by atoms with Crippen LogP contribution < -0.4 is 10.1 Å². The average molecular weight is 351 g/mol. The van der Waals surface area contributed by atoms with E-state index in [2.05, 4.69) is 17.4 Å². The third-order valence-corrected chi connectivity index (χ3v) is 4.94. The molecule has 3 rings (SSSR count). The monoisotopic (exact) mass is 351 g/mol. The van der Waals surface area contributed by atoms with E-state index in [0.717, 1.165) is 24.8 Å². The van der Waals surface area contributed by atoms with Crippen molar-refractivity contribution in [3.63, 3.8) is 0 Å². The SMILES string of the molecule is COc1ccc(C)cc1C(=O)CCC(=O)N[C@H]1CCCc2ccccc21. The van der Waals surface area contributed by atoms with Gasteiger partial charge in [-0.2, -0.15) is 0 Å². The van der Waals surface area contributed by atoms with Crippen LogP contribution in [0.2, 0.25) is 0 Å². The first-order chi connectivity index (χ1) is 12.6. The van der Waals surface area contributed by atoms with Gasteiger partial charge in [-0.1, -0.05) is 35.9 Å². The van der Waals surface area contributed by atoms with Crippen LogP contribution in [0.3, 0.4) is 0 Å². The van der Waals surface area contributed by atoms with E-state index in [0.29, 0.717) is 11.3 Å². The van der Waals surface area contributed by atoms with Crippen LogP contribution in [-0.4, -0.2) is 18.8 Å². The number of hydrogen-bond donors (Lipinski definition) is 1. The zero-order valence-corrected chi connectivity index (χ0v) is 15.4. The summed E-state index contributed by atoms with van der Waals surface area (Å²) in [5.41, 5.74) is 4.06. The molecule has 0 unspecified atom stereocenters. The molecule has 0 aliphatic heterocycles. The van der Waals surface area contributed by atoms with Gasteiger partial charge in [0.1, 0.15) is 5.75 Å². The smallest absolute Gasteiger partial charge is 0.220 e. The number of aryl methyl sites for hydroxylation is 2. The van der Waals surface area contributed by atoms with Gasteiger partial charge in [0.05, 0.1) is 18.7 Å². The number of rotatable bonds is 6. The first-order valence-corrected chi connectivity index (χ1v) is 9.13. The Labute approximate surface area is 154 Å². The van der Waals surface area contributed by atoms with Crippen molar-refractivity contribution >= 4 is 11.7 Å². The summed E-state index contributed by atoms with van der Waals surface area (Å²) in [6.07, 6.45) is 3.45. The van der Waals surface area contributed by atoms with Crippen LogP contribution in [0.5, 0.6) is 5.75 Å². The summed E-state index contributed by atoms with van der Waals surface area (Å²) in [4.78, 5) is 24.9. The normalized spacial score (nSPS) is 15.8. The minimum atomic E-state index is -0.0772. The molecule has 1 atom stereocenters. The highest BCUT2D eigenvalue weighted by Crippen LogP contribution is 2.29. The Hall–Kier alpha value is -2.62. The van der Waals surface area contributed by atoms with Gasteiger partial charge in [-0.15, -0.1) is 0 Å². The lowest BCUT2D eigenvalue weighted by atomic mass is 9.87. The van der Waals surface area contributed by atoms with Gasteiger partial charge < -0.3 is 10.1 Å². The van der Waals surface area contributed by atoms with Crippen molar-refractivity contribution in [2.75, 3.05) is 7.11 Å². The fraction of sp³-hybridized carbons (Fsp3) is 0.364. The number of nitrogens with one attached hydrogen (secondary N) is 1. The second kappa shape index (κ2) is 8.17. The van der Waals surface area contributed by atoms with Crippen molar-refractivity contribution in [2.24, 2.45) is 0 Å². The highest BCUT2D eigenvalue weighted by Gasteiger charge is 2.22. The molecule has 2 aromatic carbocycles. The van der Waals surface area contributed by atoms with Gasteiger partial charge in [0.2, 0.25) is 5.91 Å². The summed E-state index contributed by atoms with van der Waals surface area (Å²) >= 11 is 0. The van der Waals surface area contributed by atoms with Gasteiger partial charge in [0, 0.05) is 12.8 Å². The molecule has 0 aromatic heterocycles. The molecule has 1 amide bonds. The molecule has 0 fully saturated rings. The molecule has 4 nitrogen and oxygen atoms in total. The van der Waals surface area contributed by atoms with Crippen LogP contribution in [0.15, 0.2) is 42.5 Å². The van der Waals surface area contributed by atoms with Gasteiger partial charge in [0.15, 0.2) is 5.78 Å². The molecule has 1 N–H and O–H groups in total. The van der Waals surface area contributed by atoms with Crippen LogP contribution in [0.1, 0.15) is 58.8 Å². The maximum absolute atomic E-state index is 12.5. The minimum absolute atomic E-state index is 0.0519. The van der Waals surface area contributed by atoms with Crippen molar-refractivity contribution in [3.05, 3.63) is 64.7 Å². The molecule has 0 saturated heterocycles. The Bertz CT molecular complexity index is 813. The van der Waals surface area contributed by atoms with Crippen molar-refractivity contribution in [1.82, 2.24) is 5.32 Å². The van der Waals surface area contributed by atoms with E-state index in [1.807, 2.05) is 31.2 Å². The summed E-state index contributed by atoms with van der Waals surface area (Å²) in [5.74, 6) is 0.415. The van der Waals surface area contributed by atoms with Crippen LogP contribution >= 0.6 is 0 Å². The maximum atomic E-state index is 12.5. The Morgan fingerprint density at radius 1 is 1.15 bits per heavy atom. The van der Waals surface area contributed by atoms with Crippen molar-refractivity contribution in [3.8, 4) is 5.75 Å². The molecule has 1 aliphatic carbocycles. The van der Waals surface area contributed by atoms with E-state index >= 15 is 0 Å². The lowest BCUT2D eigenvalue weighted by Crippen LogP contribution is -2.31. The predicted molar refractivity (Wildman–Crippen MR) is 102 cm³/mol. The quantitative estimate of drug-likeness (QED) is 0.795. The Morgan fingerprint density at radius 3 is 2.77 bits per heavy atom. The van der Waals surface area contributed by atoms with Crippen LogP contribution in [0, 0.1) is 6.92 Å². The van der Waals surface area contributed by atoms with E-state index in [4.69, 9.17) is 4.74 Å². The molecule has 0 spiro atoms. The number of benzene rings is 2. The third-order valence-electron chi connectivity index (χ3n) is 4.94. The van der Waals surface area contributed by atoms with Gasteiger partial charge in [-0.25, -0.2) is 0 Å². The number of methoxy groups -OCH3 is 1.